The zero-order chi connectivity index (χ0) is 11.3. The van der Waals surface area contributed by atoms with E-state index in [9.17, 15) is 9.90 Å². The van der Waals surface area contributed by atoms with E-state index in [1.807, 2.05) is 18.8 Å². The summed E-state index contributed by atoms with van der Waals surface area (Å²) < 4.78 is 0. The van der Waals surface area contributed by atoms with Gasteiger partial charge in [-0.15, -0.1) is 0 Å². The molecule has 4 heteroatoms. The third-order valence-electron chi connectivity index (χ3n) is 3.30. The second-order valence-corrected chi connectivity index (χ2v) is 5.45. The molecule has 0 aliphatic carbocycles. The summed E-state index contributed by atoms with van der Waals surface area (Å²) in [5.74, 6) is 1.31. The van der Waals surface area contributed by atoms with E-state index in [1.54, 1.807) is 0 Å². The first kappa shape index (κ1) is 12.8. The van der Waals surface area contributed by atoms with Crippen LogP contribution in [0.15, 0.2) is 0 Å². The smallest absolute Gasteiger partial charge is 0.324 e. The van der Waals surface area contributed by atoms with E-state index >= 15 is 0 Å². The Balaban J connectivity index is 2.66. The molecule has 1 fully saturated rings. The van der Waals surface area contributed by atoms with Crippen LogP contribution in [0.3, 0.4) is 0 Å². The van der Waals surface area contributed by atoms with E-state index in [2.05, 4.69) is 11.8 Å². The minimum Gasteiger partial charge on any atom is -0.480 e. The Morgan fingerprint density at radius 2 is 2.07 bits per heavy atom. The minimum atomic E-state index is -0.638. The van der Waals surface area contributed by atoms with Gasteiger partial charge in [0.15, 0.2) is 0 Å². The molecule has 88 valence electrons. The Hall–Kier alpha value is -0.220. The molecule has 1 aliphatic rings. The lowest BCUT2D eigenvalue weighted by Crippen LogP contribution is -2.55. The number of thioether (sulfide) groups is 1. The number of carbonyl (C=O) groups is 1. The van der Waals surface area contributed by atoms with Gasteiger partial charge in [-0.05, 0) is 44.4 Å². The molecule has 0 aromatic carbocycles. The van der Waals surface area contributed by atoms with Gasteiger partial charge in [0.2, 0.25) is 0 Å². The number of carboxylic acid groups (broad SMARTS) is 1. The highest BCUT2D eigenvalue weighted by atomic mass is 32.2. The van der Waals surface area contributed by atoms with Crippen molar-refractivity contribution in [1.82, 2.24) is 4.90 Å². The van der Waals surface area contributed by atoms with Crippen LogP contribution in [0, 0.1) is 0 Å². The first-order valence-electron chi connectivity index (χ1n) is 5.66. The van der Waals surface area contributed by atoms with Crippen molar-refractivity contribution in [3.05, 3.63) is 0 Å². The van der Waals surface area contributed by atoms with Crippen LogP contribution in [-0.4, -0.2) is 46.6 Å². The highest BCUT2D eigenvalue weighted by Crippen LogP contribution is 2.32. The van der Waals surface area contributed by atoms with Crippen LogP contribution in [0.4, 0.5) is 0 Å². The standard InChI is InChI=1S/C11H21NO2S/c1-3-4-7-12(2)11(10(13)14)5-8-15-9-6-11/h3-9H2,1-2H3,(H,13,14). The molecule has 0 radical (unpaired) electrons. The van der Waals surface area contributed by atoms with Gasteiger partial charge >= 0.3 is 5.97 Å². The molecular formula is C11H21NO2S. The third-order valence-corrected chi connectivity index (χ3v) is 4.28. The average molecular weight is 231 g/mol. The van der Waals surface area contributed by atoms with Gasteiger partial charge in [0.25, 0.3) is 0 Å². The van der Waals surface area contributed by atoms with Crippen molar-refractivity contribution in [2.24, 2.45) is 0 Å². The topological polar surface area (TPSA) is 40.5 Å². The second-order valence-electron chi connectivity index (χ2n) is 4.22. The van der Waals surface area contributed by atoms with Gasteiger partial charge in [0, 0.05) is 0 Å². The molecule has 0 aromatic rings. The molecule has 0 aromatic heterocycles. The van der Waals surface area contributed by atoms with E-state index in [1.165, 1.54) is 0 Å². The number of unbranched alkanes of at least 4 members (excludes halogenated alkanes) is 1. The molecule has 1 heterocycles. The number of rotatable bonds is 5. The molecule has 0 unspecified atom stereocenters. The predicted octanol–water partition coefficient (Wildman–Crippen LogP) is 2.07. The van der Waals surface area contributed by atoms with Gasteiger partial charge in [0.1, 0.15) is 5.54 Å². The largest absolute Gasteiger partial charge is 0.480 e. The lowest BCUT2D eigenvalue weighted by Gasteiger charge is -2.40. The maximum Gasteiger partial charge on any atom is 0.324 e. The van der Waals surface area contributed by atoms with Gasteiger partial charge in [-0.2, -0.15) is 11.8 Å². The number of likely N-dealkylation sites (N-methyl/N-ethyl adjacent to an activating group) is 1. The monoisotopic (exact) mass is 231 g/mol. The van der Waals surface area contributed by atoms with E-state index in [4.69, 9.17) is 0 Å². The molecule has 0 saturated carbocycles. The Morgan fingerprint density at radius 1 is 1.47 bits per heavy atom. The van der Waals surface area contributed by atoms with Crippen LogP contribution in [0.5, 0.6) is 0 Å². The Labute approximate surface area is 96.2 Å². The predicted molar refractivity (Wildman–Crippen MR) is 64.5 cm³/mol. The second kappa shape index (κ2) is 5.75. The Morgan fingerprint density at radius 3 is 2.53 bits per heavy atom. The summed E-state index contributed by atoms with van der Waals surface area (Å²) in [5, 5.41) is 9.41. The van der Waals surface area contributed by atoms with Gasteiger partial charge in [-0.25, -0.2) is 0 Å². The van der Waals surface area contributed by atoms with Gasteiger partial charge in [0.05, 0.1) is 0 Å². The van der Waals surface area contributed by atoms with E-state index in [-0.39, 0.29) is 0 Å². The van der Waals surface area contributed by atoms with E-state index in [0.29, 0.717) is 0 Å². The Bertz CT molecular complexity index is 215. The molecule has 15 heavy (non-hydrogen) atoms. The van der Waals surface area contributed by atoms with E-state index < -0.39 is 11.5 Å². The van der Waals surface area contributed by atoms with Gasteiger partial charge < -0.3 is 5.11 Å². The molecule has 1 aliphatic heterocycles. The van der Waals surface area contributed by atoms with E-state index in [0.717, 1.165) is 43.7 Å². The maximum absolute atomic E-state index is 11.4. The summed E-state index contributed by atoms with van der Waals surface area (Å²) in [6.45, 7) is 3.03. The lowest BCUT2D eigenvalue weighted by atomic mass is 9.90. The lowest BCUT2D eigenvalue weighted by molar-refractivity contribution is -0.151. The van der Waals surface area contributed by atoms with Crippen LogP contribution in [0.2, 0.25) is 0 Å². The zero-order valence-corrected chi connectivity index (χ0v) is 10.5. The number of carboxylic acids is 1. The number of hydrogen-bond donors (Lipinski definition) is 1. The fourth-order valence-electron chi connectivity index (χ4n) is 2.08. The fourth-order valence-corrected chi connectivity index (χ4v) is 3.25. The molecule has 0 amide bonds. The molecule has 3 nitrogen and oxygen atoms in total. The van der Waals surface area contributed by atoms with Crippen molar-refractivity contribution in [3.63, 3.8) is 0 Å². The quantitative estimate of drug-likeness (QED) is 0.786. The third kappa shape index (κ3) is 2.88. The number of aliphatic carboxylic acids is 1. The molecule has 0 atom stereocenters. The highest BCUT2D eigenvalue weighted by molar-refractivity contribution is 7.99. The molecule has 1 saturated heterocycles. The van der Waals surface area contributed by atoms with Gasteiger partial charge in [-0.1, -0.05) is 13.3 Å². The average Bonchev–Trinajstić information content (AvgIpc) is 2.26. The maximum atomic E-state index is 11.4. The highest BCUT2D eigenvalue weighted by Gasteiger charge is 2.43. The fraction of sp³-hybridized carbons (Fsp3) is 0.909. The summed E-state index contributed by atoms with van der Waals surface area (Å²) in [6, 6.07) is 0. The number of nitrogens with zero attached hydrogens (tertiary/aromatic N) is 1. The summed E-state index contributed by atoms with van der Waals surface area (Å²) >= 11 is 1.87. The van der Waals surface area contributed by atoms with Crippen molar-refractivity contribution >= 4 is 17.7 Å². The van der Waals surface area contributed by atoms with Crippen molar-refractivity contribution < 1.29 is 9.90 Å². The van der Waals surface area contributed by atoms with Crippen LogP contribution in [0.1, 0.15) is 32.6 Å². The summed E-state index contributed by atoms with van der Waals surface area (Å²) in [4.78, 5) is 13.5. The first-order chi connectivity index (χ1) is 7.13. The first-order valence-corrected chi connectivity index (χ1v) is 6.81. The molecule has 0 spiro atoms. The van der Waals surface area contributed by atoms with Crippen LogP contribution < -0.4 is 0 Å². The molecule has 0 bridgehead atoms. The van der Waals surface area contributed by atoms with Crippen LogP contribution in [0.25, 0.3) is 0 Å². The number of hydrogen-bond acceptors (Lipinski definition) is 3. The summed E-state index contributed by atoms with van der Waals surface area (Å²) in [5.41, 5.74) is -0.583. The van der Waals surface area contributed by atoms with Crippen molar-refractivity contribution in [3.8, 4) is 0 Å². The molecular weight excluding hydrogens is 210 g/mol. The normalized spacial score (nSPS) is 20.5. The SMILES string of the molecule is CCCCN(C)C1(C(=O)O)CCSCC1. The van der Waals surface area contributed by atoms with Gasteiger partial charge in [-0.3, -0.25) is 9.69 Å². The molecule has 1 N–H and O–H groups in total. The summed E-state index contributed by atoms with van der Waals surface area (Å²) in [6.07, 6.45) is 3.77. The zero-order valence-electron chi connectivity index (χ0n) is 9.66. The van der Waals surface area contributed by atoms with Crippen molar-refractivity contribution in [1.29, 1.82) is 0 Å². The van der Waals surface area contributed by atoms with Crippen molar-refractivity contribution in [2.75, 3.05) is 25.1 Å². The Kier molecular flexibility index (Phi) is 4.93. The molecule has 1 rings (SSSR count). The van der Waals surface area contributed by atoms with Crippen LogP contribution >= 0.6 is 11.8 Å². The van der Waals surface area contributed by atoms with Crippen molar-refractivity contribution in [2.45, 2.75) is 38.1 Å². The summed E-state index contributed by atoms with van der Waals surface area (Å²) in [7, 11) is 1.96. The minimum absolute atomic E-state index is 0.583. The van der Waals surface area contributed by atoms with Crippen LogP contribution in [-0.2, 0) is 4.79 Å².